The van der Waals surface area contributed by atoms with Crippen molar-refractivity contribution in [1.82, 2.24) is 14.7 Å². The highest BCUT2D eigenvalue weighted by atomic mass is 32.1. The maximum Gasteiger partial charge on any atom is 0.254 e. The number of hydrogen-bond donors (Lipinski definition) is 0. The van der Waals surface area contributed by atoms with Crippen LogP contribution in [0.3, 0.4) is 0 Å². The zero-order valence-corrected chi connectivity index (χ0v) is 21.6. The topological polar surface area (TPSA) is 43.9 Å². The average molecular weight is 488 g/mol. The Bertz CT molecular complexity index is 1240. The van der Waals surface area contributed by atoms with Crippen molar-refractivity contribution in [2.45, 2.75) is 39.3 Å². The van der Waals surface area contributed by atoms with E-state index in [1.807, 2.05) is 59.2 Å². The van der Waals surface area contributed by atoms with Gasteiger partial charge in [0.1, 0.15) is 0 Å². The number of benzene rings is 2. The van der Waals surface area contributed by atoms with Gasteiger partial charge in [-0.2, -0.15) is 0 Å². The van der Waals surface area contributed by atoms with Gasteiger partial charge in [-0.15, -0.1) is 11.3 Å². The normalized spacial score (nSPS) is 20.5. The molecular formula is C29H33N3O2S. The van der Waals surface area contributed by atoms with Crippen molar-refractivity contribution >= 4 is 23.2 Å². The molecule has 35 heavy (non-hydrogen) atoms. The molecule has 3 heterocycles. The van der Waals surface area contributed by atoms with Gasteiger partial charge in [0.15, 0.2) is 0 Å². The Kier molecular flexibility index (Phi) is 6.76. The molecule has 2 aliphatic rings. The first-order chi connectivity index (χ1) is 16.9. The van der Waals surface area contributed by atoms with E-state index in [1.54, 1.807) is 0 Å². The van der Waals surface area contributed by atoms with Gasteiger partial charge < -0.3 is 9.80 Å². The van der Waals surface area contributed by atoms with Gasteiger partial charge in [0.2, 0.25) is 5.91 Å². The second-order valence-corrected chi connectivity index (χ2v) is 10.8. The van der Waals surface area contributed by atoms with Crippen LogP contribution in [-0.4, -0.2) is 65.3 Å². The minimum Gasteiger partial charge on any atom is -0.338 e. The van der Waals surface area contributed by atoms with Gasteiger partial charge in [0.25, 0.3) is 5.91 Å². The van der Waals surface area contributed by atoms with Gasteiger partial charge in [-0.05, 0) is 67.0 Å². The van der Waals surface area contributed by atoms with Crippen LogP contribution in [0, 0.1) is 13.8 Å². The fraction of sp³-hybridized carbons (Fsp3) is 0.379. The zero-order valence-electron chi connectivity index (χ0n) is 20.7. The van der Waals surface area contributed by atoms with Gasteiger partial charge in [-0.25, -0.2) is 0 Å². The van der Waals surface area contributed by atoms with E-state index in [4.69, 9.17) is 0 Å². The summed E-state index contributed by atoms with van der Waals surface area (Å²) in [6, 6.07) is 18.6. The monoisotopic (exact) mass is 487 g/mol. The summed E-state index contributed by atoms with van der Waals surface area (Å²) in [6.07, 6.45) is 0.984. The van der Waals surface area contributed by atoms with Gasteiger partial charge in [-0.1, -0.05) is 42.5 Å². The molecule has 6 heteroatoms. The van der Waals surface area contributed by atoms with Gasteiger partial charge in [0.05, 0.1) is 12.6 Å². The van der Waals surface area contributed by atoms with E-state index >= 15 is 0 Å². The molecule has 2 unspecified atom stereocenters. The Balaban J connectivity index is 1.30. The molecular weight excluding hydrogens is 454 g/mol. The van der Waals surface area contributed by atoms with E-state index < -0.39 is 0 Å². The van der Waals surface area contributed by atoms with E-state index in [1.165, 1.54) is 21.6 Å². The van der Waals surface area contributed by atoms with Crippen LogP contribution >= 0.6 is 11.3 Å². The zero-order chi connectivity index (χ0) is 24.5. The molecule has 0 radical (unpaired) electrons. The first kappa shape index (κ1) is 23.8. The van der Waals surface area contributed by atoms with E-state index in [9.17, 15) is 9.59 Å². The molecule has 0 bridgehead atoms. The second kappa shape index (κ2) is 9.96. The van der Waals surface area contributed by atoms with E-state index in [2.05, 4.69) is 47.5 Å². The number of thiophene rings is 1. The number of hydrogen-bond acceptors (Lipinski definition) is 4. The number of piperazine rings is 1. The van der Waals surface area contributed by atoms with E-state index in [-0.39, 0.29) is 23.9 Å². The van der Waals surface area contributed by atoms with Crippen LogP contribution in [0.15, 0.2) is 60.0 Å². The maximum atomic E-state index is 13.5. The van der Waals surface area contributed by atoms with Crippen molar-refractivity contribution in [2.24, 2.45) is 0 Å². The molecule has 5 nitrogen and oxygen atoms in total. The number of carbonyl (C=O) groups is 2. The Morgan fingerprint density at radius 3 is 2.40 bits per heavy atom. The van der Waals surface area contributed by atoms with Crippen molar-refractivity contribution in [2.75, 3.05) is 32.7 Å². The number of amides is 2. The third kappa shape index (κ3) is 4.65. The SMILES string of the molecule is Cc1ccccc1C(=O)N1CCN(C(=O)CN2CCc3sccc3C2c2ccccc2C)CC1C. The van der Waals surface area contributed by atoms with Crippen LogP contribution < -0.4 is 0 Å². The smallest absolute Gasteiger partial charge is 0.254 e. The van der Waals surface area contributed by atoms with Crippen LogP contribution in [0.1, 0.15) is 50.5 Å². The molecule has 3 aromatic rings. The Morgan fingerprint density at radius 1 is 0.914 bits per heavy atom. The third-order valence-corrected chi connectivity index (χ3v) is 8.50. The molecule has 2 atom stereocenters. The maximum absolute atomic E-state index is 13.5. The lowest BCUT2D eigenvalue weighted by Crippen LogP contribution is -2.57. The highest BCUT2D eigenvalue weighted by Gasteiger charge is 2.35. The van der Waals surface area contributed by atoms with Gasteiger partial charge in [0, 0.05) is 42.7 Å². The van der Waals surface area contributed by atoms with Crippen molar-refractivity contribution in [3.8, 4) is 0 Å². The lowest BCUT2D eigenvalue weighted by Gasteiger charge is -2.42. The summed E-state index contributed by atoms with van der Waals surface area (Å²) in [7, 11) is 0. The highest BCUT2D eigenvalue weighted by molar-refractivity contribution is 7.10. The second-order valence-electron chi connectivity index (χ2n) is 9.78. The van der Waals surface area contributed by atoms with Crippen molar-refractivity contribution in [1.29, 1.82) is 0 Å². The molecule has 0 spiro atoms. The van der Waals surface area contributed by atoms with Crippen LogP contribution in [0.25, 0.3) is 0 Å². The molecule has 2 aromatic carbocycles. The lowest BCUT2D eigenvalue weighted by molar-refractivity contribution is -0.135. The van der Waals surface area contributed by atoms with Crippen molar-refractivity contribution in [3.63, 3.8) is 0 Å². The predicted octanol–water partition coefficient (Wildman–Crippen LogP) is 4.69. The minimum absolute atomic E-state index is 0.0168. The number of aryl methyl sites for hydroxylation is 2. The Hall–Kier alpha value is -2.96. The Labute approximate surface area is 212 Å². The largest absolute Gasteiger partial charge is 0.338 e. The van der Waals surface area contributed by atoms with Crippen LogP contribution in [0.5, 0.6) is 0 Å². The average Bonchev–Trinajstić information content (AvgIpc) is 3.33. The van der Waals surface area contributed by atoms with E-state index in [0.29, 0.717) is 26.2 Å². The first-order valence-electron chi connectivity index (χ1n) is 12.4. The molecule has 0 N–H and O–H groups in total. The quantitative estimate of drug-likeness (QED) is 0.537. The molecule has 1 aromatic heterocycles. The standard InChI is InChI=1S/C29H33N3O2S/c1-20-8-4-6-10-23(20)28-25-13-17-35-26(25)12-14-31(28)19-27(33)30-15-16-32(22(3)18-30)29(34)24-11-7-5-9-21(24)2/h4-11,13,17,22,28H,12,14-16,18-19H2,1-3H3. The summed E-state index contributed by atoms with van der Waals surface area (Å²) < 4.78 is 0. The molecule has 182 valence electrons. The molecule has 5 rings (SSSR count). The number of carbonyl (C=O) groups excluding carboxylic acids is 2. The highest BCUT2D eigenvalue weighted by Crippen LogP contribution is 2.38. The van der Waals surface area contributed by atoms with Crippen molar-refractivity contribution in [3.05, 3.63) is 92.7 Å². The third-order valence-electron chi connectivity index (χ3n) is 7.50. The fourth-order valence-electron chi connectivity index (χ4n) is 5.52. The van der Waals surface area contributed by atoms with E-state index in [0.717, 1.165) is 24.1 Å². The summed E-state index contributed by atoms with van der Waals surface area (Å²) in [6.45, 7) is 9.16. The fourth-order valence-corrected chi connectivity index (χ4v) is 6.43. The minimum atomic E-state index is -0.0168. The predicted molar refractivity (Wildman–Crippen MR) is 141 cm³/mol. The Morgan fingerprint density at radius 2 is 1.66 bits per heavy atom. The number of nitrogens with zero attached hydrogens (tertiary/aromatic N) is 3. The molecule has 0 saturated carbocycles. The summed E-state index contributed by atoms with van der Waals surface area (Å²) in [5.41, 5.74) is 5.61. The van der Waals surface area contributed by atoms with Crippen LogP contribution in [0.2, 0.25) is 0 Å². The molecule has 1 saturated heterocycles. The molecule has 2 amide bonds. The van der Waals surface area contributed by atoms with Gasteiger partial charge in [-0.3, -0.25) is 14.5 Å². The van der Waals surface area contributed by atoms with Crippen LogP contribution in [-0.2, 0) is 11.2 Å². The lowest BCUT2D eigenvalue weighted by atomic mass is 9.90. The summed E-state index contributed by atoms with van der Waals surface area (Å²) in [4.78, 5) is 34.3. The summed E-state index contributed by atoms with van der Waals surface area (Å²) >= 11 is 1.82. The molecule has 1 fully saturated rings. The number of fused-ring (bicyclic) bond motifs is 1. The van der Waals surface area contributed by atoms with Crippen molar-refractivity contribution < 1.29 is 9.59 Å². The first-order valence-corrected chi connectivity index (χ1v) is 13.3. The summed E-state index contributed by atoms with van der Waals surface area (Å²) in [5.74, 6) is 0.209. The van der Waals surface area contributed by atoms with Crippen LogP contribution in [0.4, 0.5) is 0 Å². The summed E-state index contributed by atoms with van der Waals surface area (Å²) in [5, 5.41) is 2.17. The molecule has 0 aliphatic carbocycles. The molecule has 2 aliphatic heterocycles. The number of rotatable bonds is 4. The van der Waals surface area contributed by atoms with Gasteiger partial charge >= 0.3 is 0 Å².